The average molecular weight is 351 g/mol. The molecule has 1 saturated heterocycles. The Morgan fingerprint density at radius 1 is 1.15 bits per heavy atom. The fourth-order valence-corrected chi connectivity index (χ4v) is 3.23. The van der Waals surface area contributed by atoms with Crippen LogP contribution >= 0.6 is 0 Å². The summed E-state index contributed by atoms with van der Waals surface area (Å²) in [5.41, 5.74) is 1.86. The van der Waals surface area contributed by atoms with Gasteiger partial charge in [0.25, 0.3) is 0 Å². The molecular weight excluding hydrogens is 333 g/mol. The van der Waals surface area contributed by atoms with Crippen molar-refractivity contribution >= 4 is 12.1 Å². The van der Waals surface area contributed by atoms with Gasteiger partial charge in [0, 0.05) is 31.4 Å². The van der Waals surface area contributed by atoms with Gasteiger partial charge in [-0.05, 0) is 42.0 Å². The van der Waals surface area contributed by atoms with Gasteiger partial charge in [-0.3, -0.25) is 4.79 Å². The molecule has 2 aromatic heterocycles. The predicted molar refractivity (Wildman–Crippen MR) is 96.7 cm³/mol. The number of hydrogen-bond donors (Lipinski definition) is 1. The fraction of sp³-hybridized carbons (Fsp3) is 0.200. The standard InChI is InChI=1S/C20H18FN3O2/c21-16-4-1-14(2-5-16)18-12-22-9-10-24(18)20-8-3-15(11-23-20)19-7-6-17(13-25)26-19/h1-8,11,13,18,22H,9-10,12H2. The summed E-state index contributed by atoms with van der Waals surface area (Å²) in [7, 11) is 0. The zero-order chi connectivity index (χ0) is 17.9. The molecule has 0 bridgehead atoms. The van der Waals surface area contributed by atoms with Gasteiger partial charge in [0.15, 0.2) is 12.0 Å². The average Bonchev–Trinajstić information content (AvgIpc) is 3.18. The lowest BCUT2D eigenvalue weighted by molar-refractivity contribution is 0.110. The molecule has 0 spiro atoms. The van der Waals surface area contributed by atoms with E-state index in [0.29, 0.717) is 17.8 Å². The van der Waals surface area contributed by atoms with Crippen LogP contribution in [0.3, 0.4) is 0 Å². The van der Waals surface area contributed by atoms with Crippen molar-refractivity contribution in [2.24, 2.45) is 0 Å². The van der Waals surface area contributed by atoms with Crippen molar-refractivity contribution in [1.29, 1.82) is 0 Å². The van der Waals surface area contributed by atoms with Crippen LogP contribution in [0.25, 0.3) is 11.3 Å². The summed E-state index contributed by atoms with van der Waals surface area (Å²) >= 11 is 0. The van der Waals surface area contributed by atoms with Gasteiger partial charge < -0.3 is 14.6 Å². The van der Waals surface area contributed by atoms with E-state index in [0.717, 1.165) is 36.6 Å². The SMILES string of the molecule is O=Cc1ccc(-c2ccc(N3CCNCC3c3ccc(F)cc3)nc2)o1. The summed E-state index contributed by atoms with van der Waals surface area (Å²) in [6.45, 7) is 2.45. The largest absolute Gasteiger partial charge is 0.453 e. The molecule has 4 rings (SSSR count). The normalized spacial score (nSPS) is 17.3. The Kier molecular flexibility index (Phi) is 4.50. The van der Waals surface area contributed by atoms with Gasteiger partial charge in [0.1, 0.15) is 17.4 Å². The number of carbonyl (C=O) groups is 1. The van der Waals surface area contributed by atoms with Crippen molar-refractivity contribution in [3.05, 3.63) is 71.9 Å². The molecule has 0 amide bonds. The molecule has 132 valence electrons. The first-order valence-electron chi connectivity index (χ1n) is 8.49. The zero-order valence-corrected chi connectivity index (χ0v) is 14.1. The lowest BCUT2D eigenvalue weighted by atomic mass is 10.0. The first-order chi connectivity index (χ1) is 12.7. The predicted octanol–water partition coefficient (Wildman–Crippen LogP) is 3.44. The van der Waals surface area contributed by atoms with Crippen LogP contribution in [-0.4, -0.2) is 30.9 Å². The van der Waals surface area contributed by atoms with Gasteiger partial charge >= 0.3 is 0 Å². The Morgan fingerprint density at radius 3 is 2.69 bits per heavy atom. The number of hydrogen-bond acceptors (Lipinski definition) is 5. The summed E-state index contributed by atoms with van der Waals surface area (Å²) in [5.74, 6) is 1.52. The van der Waals surface area contributed by atoms with E-state index < -0.39 is 0 Å². The number of nitrogens with one attached hydrogen (secondary N) is 1. The molecule has 1 aliphatic rings. The maximum absolute atomic E-state index is 13.2. The highest BCUT2D eigenvalue weighted by atomic mass is 19.1. The zero-order valence-electron chi connectivity index (χ0n) is 14.1. The van der Waals surface area contributed by atoms with E-state index in [2.05, 4.69) is 15.2 Å². The van der Waals surface area contributed by atoms with Gasteiger partial charge in [-0.1, -0.05) is 12.1 Å². The Labute approximate surface area is 150 Å². The van der Waals surface area contributed by atoms with Crippen molar-refractivity contribution in [3.63, 3.8) is 0 Å². The molecule has 3 heterocycles. The number of furan rings is 1. The minimum absolute atomic E-state index is 0.0907. The summed E-state index contributed by atoms with van der Waals surface area (Å²) in [5, 5.41) is 3.38. The summed E-state index contributed by atoms with van der Waals surface area (Å²) < 4.78 is 18.7. The number of nitrogens with zero attached hydrogens (tertiary/aromatic N) is 2. The van der Waals surface area contributed by atoms with Gasteiger partial charge in [-0.15, -0.1) is 0 Å². The van der Waals surface area contributed by atoms with E-state index >= 15 is 0 Å². The number of piperazine rings is 1. The van der Waals surface area contributed by atoms with Gasteiger partial charge in [-0.2, -0.15) is 0 Å². The van der Waals surface area contributed by atoms with E-state index in [1.165, 1.54) is 12.1 Å². The second-order valence-corrected chi connectivity index (χ2v) is 6.19. The number of aldehydes is 1. The van der Waals surface area contributed by atoms with Crippen molar-refractivity contribution in [1.82, 2.24) is 10.3 Å². The van der Waals surface area contributed by atoms with Crippen molar-refractivity contribution < 1.29 is 13.6 Å². The smallest absolute Gasteiger partial charge is 0.185 e. The van der Waals surface area contributed by atoms with Crippen LogP contribution in [0, 0.1) is 5.82 Å². The molecule has 0 saturated carbocycles. The van der Waals surface area contributed by atoms with Crippen LogP contribution in [0.2, 0.25) is 0 Å². The molecule has 3 aromatic rings. The third kappa shape index (κ3) is 3.23. The highest BCUT2D eigenvalue weighted by molar-refractivity contribution is 5.72. The molecule has 0 aliphatic carbocycles. The number of anilines is 1. The molecule has 1 atom stereocenters. The molecule has 5 nitrogen and oxygen atoms in total. The maximum Gasteiger partial charge on any atom is 0.185 e. The second-order valence-electron chi connectivity index (χ2n) is 6.19. The van der Waals surface area contributed by atoms with Crippen LogP contribution in [-0.2, 0) is 0 Å². The monoisotopic (exact) mass is 351 g/mol. The Morgan fingerprint density at radius 2 is 2.00 bits per heavy atom. The van der Waals surface area contributed by atoms with Gasteiger partial charge in [0.05, 0.1) is 6.04 Å². The highest BCUT2D eigenvalue weighted by Gasteiger charge is 2.25. The highest BCUT2D eigenvalue weighted by Crippen LogP contribution is 2.29. The molecule has 0 radical (unpaired) electrons. The minimum Gasteiger partial charge on any atom is -0.453 e. The van der Waals surface area contributed by atoms with Gasteiger partial charge in [-0.25, -0.2) is 9.37 Å². The second kappa shape index (κ2) is 7.09. The lowest BCUT2D eigenvalue weighted by Gasteiger charge is -2.37. The van der Waals surface area contributed by atoms with E-state index in [-0.39, 0.29) is 11.9 Å². The minimum atomic E-state index is -0.236. The first-order valence-corrected chi connectivity index (χ1v) is 8.49. The van der Waals surface area contributed by atoms with E-state index in [1.807, 2.05) is 24.3 Å². The Bertz CT molecular complexity index is 890. The van der Waals surface area contributed by atoms with Crippen molar-refractivity contribution in [2.75, 3.05) is 24.5 Å². The van der Waals surface area contributed by atoms with Crippen LogP contribution in [0.15, 0.2) is 59.1 Å². The molecular formula is C20H18FN3O2. The molecule has 1 aromatic carbocycles. The topological polar surface area (TPSA) is 58.4 Å². The van der Waals surface area contributed by atoms with Crippen molar-refractivity contribution in [3.8, 4) is 11.3 Å². The molecule has 1 unspecified atom stereocenters. The van der Waals surface area contributed by atoms with E-state index in [9.17, 15) is 9.18 Å². The number of aromatic nitrogens is 1. The molecule has 1 aliphatic heterocycles. The molecule has 6 heteroatoms. The molecule has 1 fully saturated rings. The van der Waals surface area contributed by atoms with Crippen LogP contribution in [0.1, 0.15) is 22.2 Å². The number of rotatable bonds is 4. The van der Waals surface area contributed by atoms with Gasteiger partial charge in [0.2, 0.25) is 0 Å². The third-order valence-electron chi connectivity index (χ3n) is 4.57. The first kappa shape index (κ1) is 16.5. The Hall–Kier alpha value is -2.99. The lowest BCUT2D eigenvalue weighted by Crippen LogP contribution is -2.46. The van der Waals surface area contributed by atoms with E-state index in [4.69, 9.17) is 4.42 Å². The summed E-state index contributed by atoms with van der Waals surface area (Å²) in [4.78, 5) is 17.6. The quantitative estimate of drug-likeness (QED) is 0.730. The number of pyridine rings is 1. The molecule has 1 N–H and O–H groups in total. The van der Waals surface area contributed by atoms with Crippen LogP contribution in [0.4, 0.5) is 10.2 Å². The third-order valence-corrected chi connectivity index (χ3v) is 4.57. The van der Waals surface area contributed by atoms with E-state index in [1.54, 1.807) is 18.3 Å². The number of carbonyl (C=O) groups excluding carboxylic acids is 1. The fourth-order valence-electron chi connectivity index (χ4n) is 3.23. The summed E-state index contributed by atoms with van der Waals surface area (Å²) in [6, 6.07) is 14.0. The van der Waals surface area contributed by atoms with Crippen LogP contribution in [0.5, 0.6) is 0 Å². The number of halogens is 1. The summed E-state index contributed by atoms with van der Waals surface area (Å²) in [6.07, 6.45) is 2.42. The van der Waals surface area contributed by atoms with Crippen molar-refractivity contribution in [2.45, 2.75) is 6.04 Å². The molecule has 26 heavy (non-hydrogen) atoms. The number of benzene rings is 1. The Balaban J connectivity index is 1.60. The maximum atomic E-state index is 13.2. The van der Waals surface area contributed by atoms with Crippen LogP contribution < -0.4 is 10.2 Å².